The van der Waals surface area contributed by atoms with Crippen molar-refractivity contribution in [2.75, 3.05) is 5.32 Å². The minimum atomic E-state index is -0.675. The highest BCUT2D eigenvalue weighted by molar-refractivity contribution is 6.34. The van der Waals surface area contributed by atoms with Crippen LogP contribution in [0.5, 0.6) is 5.75 Å². The maximum absolute atomic E-state index is 13.8. The summed E-state index contributed by atoms with van der Waals surface area (Å²) in [5.41, 5.74) is 1.72. The van der Waals surface area contributed by atoms with E-state index < -0.39 is 11.7 Å². The van der Waals surface area contributed by atoms with Gasteiger partial charge in [-0.15, -0.1) is 0 Å². The molecular formula is C17H17ClFNO2. The number of hydrogen-bond acceptors (Lipinski definition) is 2. The van der Waals surface area contributed by atoms with Gasteiger partial charge in [0.25, 0.3) is 5.91 Å². The van der Waals surface area contributed by atoms with Crippen molar-refractivity contribution in [2.45, 2.75) is 26.7 Å². The largest absolute Gasteiger partial charge is 0.508 e. The molecule has 0 atom stereocenters. The third-order valence-corrected chi connectivity index (χ3v) is 3.75. The van der Waals surface area contributed by atoms with Crippen LogP contribution in [0.25, 0.3) is 0 Å². The summed E-state index contributed by atoms with van der Waals surface area (Å²) in [6.45, 7) is 5.62. The van der Waals surface area contributed by atoms with E-state index in [2.05, 4.69) is 5.32 Å². The van der Waals surface area contributed by atoms with E-state index in [4.69, 9.17) is 11.6 Å². The van der Waals surface area contributed by atoms with Crippen molar-refractivity contribution >= 4 is 23.2 Å². The molecule has 1 amide bonds. The molecule has 0 aliphatic heterocycles. The summed E-state index contributed by atoms with van der Waals surface area (Å²) in [6, 6.07) is 7.36. The van der Waals surface area contributed by atoms with Crippen LogP contribution in [-0.4, -0.2) is 11.0 Å². The minimum absolute atomic E-state index is 0.0537. The molecule has 0 saturated heterocycles. The predicted octanol–water partition coefficient (Wildman–Crippen LogP) is 4.87. The molecule has 22 heavy (non-hydrogen) atoms. The standard InChI is InChI=1S/C17H17ClFNO2/c1-9(2)11-8-14(10(3)7-15(11)21)20-17(22)16-12(18)5-4-6-13(16)19/h4-9,21H,1-3H3,(H,20,22). The average Bonchev–Trinajstić information content (AvgIpc) is 2.41. The number of carbonyl (C=O) groups excluding carboxylic acids is 1. The van der Waals surface area contributed by atoms with Gasteiger partial charge in [0, 0.05) is 5.69 Å². The number of rotatable bonds is 3. The molecule has 0 radical (unpaired) electrons. The van der Waals surface area contributed by atoms with Crippen LogP contribution in [0.3, 0.4) is 0 Å². The number of halogens is 2. The summed E-state index contributed by atoms with van der Waals surface area (Å²) < 4.78 is 13.8. The first-order chi connectivity index (χ1) is 10.3. The van der Waals surface area contributed by atoms with Crippen molar-refractivity contribution in [1.82, 2.24) is 0 Å². The molecule has 0 aromatic heterocycles. The number of nitrogens with one attached hydrogen (secondary N) is 1. The topological polar surface area (TPSA) is 49.3 Å². The monoisotopic (exact) mass is 321 g/mol. The second-order valence-corrected chi connectivity index (χ2v) is 5.84. The highest BCUT2D eigenvalue weighted by Gasteiger charge is 2.18. The van der Waals surface area contributed by atoms with Crippen molar-refractivity contribution in [1.29, 1.82) is 0 Å². The Morgan fingerprint density at radius 3 is 2.59 bits per heavy atom. The third-order valence-electron chi connectivity index (χ3n) is 3.43. The van der Waals surface area contributed by atoms with Crippen molar-refractivity contribution in [3.63, 3.8) is 0 Å². The van der Waals surface area contributed by atoms with Gasteiger partial charge in [0.05, 0.1) is 10.6 Å². The molecule has 0 heterocycles. The molecule has 2 N–H and O–H groups in total. The van der Waals surface area contributed by atoms with Crippen molar-refractivity contribution in [3.05, 3.63) is 57.9 Å². The lowest BCUT2D eigenvalue weighted by atomic mass is 9.99. The van der Waals surface area contributed by atoms with Crippen molar-refractivity contribution < 1.29 is 14.3 Å². The number of amides is 1. The van der Waals surface area contributed by atoms with Crippen LogP contribution in [0.4, 0.5) is 10.1 Å². The van der Waals surface area contributed by atoms with Crippen LogP contribution in [0.15, 0.2) is 30.3 Å². The Morgan fingerprint density at radius 2 is 2.00 bits per heavy atom. The van der Waals surface area contributed by atoms with Crippen molar-refractivity contribution in [3.8, 4) is 5.75 Å². The lowest BCUT2D eigenvalue weighted by molar-refractivity contribution is 0.102. The first-order valence-electron chi connectivity index (χ1n) is 6.90. The van der Waals surface area contributed by atoms with Crippen LogP contribution < -0.4 is 5.32 Å². The van der Waals surface area contributed by atoms with Gasteiger partial charge in [0.1, 0.15) is 11.6 Å². The number of anilines is 1. The van der Waals surface area contributed by atoms with Crippen LogP contribution in [-0.2, 0) is 0 Å². The summed E-state index contributed by atoms with van der Waals surface area (Å²) in [5.74, 6) is -1.03. The Labute approximate surface area is 133 Å². The van der Waals surface area contributed by atoms with Gasteiger partial charge in [-0.2, -0.15) is 0 Å². The molecule has 0 unspecified atom stereocenters. The number of aryl methyl sites for hydroxylation is 1. The fourth-order valence-electron chi connectivity index (χ4n) is 2.21. The Balaban J connectivity index is 2.39. The Morgan fingerprint density at radius 1 is 1.32 bits per heavy atom. The molecule has 2 aromatic carbocycles. The number of hydrogen-bond donors (Lipinski definition) is 2. The molecule has 0 aliphatic carbocycles. The van der Waals surface area contributed by atoms with E-state index in [-0.39, 0.29) is 22.3 Å². The fraction of sp³-hybridized carbons (Fsp3) is 0.235. The molecule has 2 aromatic rings. The SMILES string of the molecule is Cc1cc(O)c(C(C)C)cc1NC(=O)c1c(F)cccc1Cl. The van der Waals surface area contributed by atoms with Crippen molar-refractivity contribution in [2.24, 2.45) is 0 Å². The van der Waals surface area contributed by atoms with E-state index in [1.165, 1.54) is 18.2 Å². The lowest BCUT2D eigenvalue weighted by Crippen LogP contribution is -2.15. The van der Waals surface area contributed by atoms with Crippen LogP contribution in [0.2, 0.25) is 5.02 Å². The second-order valence-electron chi connectivity index (χ2n) is 5.43. The van der Waals surface area contributed by atoms with Gasteiger partial charge in [-0.25, -0.2) is 4.39 Å². The molecule has 0 fully saturated rings. The summed E-state index contributed by atoms with van der Waals surface area (Å²) in [6.07, 6.45) is 0. The quantitative estimate of drug-likeness (QED) is 0.792. The van der Waals surface area contributed by atoms with Gasteiger partial charge in [0.2, 0.25) is 0 Å². The first kappa shape index (κ1) is 16.3. The smallest absolute Gasteiger partial charge is 0.260 e. The summed E-state index contributed by atoms with van der Waals surface area (Å²) in [7, 11) is 0. The van der Waals surface area contributed by atoms with E-state index in [0.29, 0.717) is 16.8 Å². The Kier molecular flexibility index (Phi) is 4.71. The predicted molar refractivity (Wildman–Crippen MR) is 86.3 cm³/mol. The molecule has 5 heteroatoms. The minimum Gasteiger partial charge on any atom is -0.508 e. The number of aromatic hydroxyl groups is 1. The second kappa shape index (κ2) is 6.36. The Hall–Kier alpha value is -2.07. The maximum atomic E-state index is 13.8. The highest BCUT2D eigenvalue weighted by atomic mass is 35.5. The zero-order chi connectivity index (χ0) is 16.4. The molecule has 0 bridgehead atoms. The number of carbonyl (C=O) groups is 1. The van der Waals surface area contributed by atoms with Crippen LogP contribution >= 0.6 is 11.6 Å². The molecular weight excluding hydrogens is 305 g/mol. The lowest BCUT2D eigenvalue weighted by Gasteiger charge is -2.15. The van der Waals surface area contributed by atoms with Gasteiger partial charge >= 0.3 is 0 Å². The van der Waals surface area contributed by atoms with Gasteiger partial charge in [0.15, 0.2) is 0 Å². The van der Waals surface area contributed by atoms with E-state index in [1.807, 2.05) is 13.8 Å². The van der Waals surface area contributed by atoms with E-state index in [0.717, 1.165) is 0 Å². The molecule has 116 valence electrons. The first-order valence-corrected chi connectivity index (χ1v) is 7.28. The average molecular weight is 322 g/mol. The van der Waals surface area contributed by atoms with E-state index >= 15 is 0 Å². The zero-order valence-corrected chi connectivity index (χ0v) is 13.3. The van der Waals surface area contributed by atoms with E-state index in [1.54, 1.807) is 19.1 Å². The van der Waals surface area contributed by atoms with Gasteiger partial charge < -0.3 is 10.4 Å². The zero-order valence-electron chi connectivity index (χ0n) is 12.6. The normalized spacial score (nSPS) is 10.8. The summed E-state index contributed by atoms with van der Waals surface area (Å²) in [5, 5.41) is 12.6. The molecule has 3 nitrogen and oxygen atoms in total. The molecule has 0 aliphatic rings. The van der Waals surface area contributed by atoms with Gasteiger partial charge in [-0.3, -0.25) is 4.79 Å². The molecule has 0 saturated carbocycles. The van der Waals surface area contributed by atoms with Crippen LogP contribution in [0.1, 0.15) is 41.3 Å². The summed E-state index contributed by atoms with van der Waals surface area (Å²) >= 11 is 5.90. The number of benzene rings is 2. The molecule has 2 rings (SSSR count). The Bertz CT molecular complexity index is 709. The molecule has 0 spiro atoms. The van der Waals surface area contributed by atoms with E-state index in [9.17, 15) is 14.3 Å². The van der Waals surface area contributed by atoms with Gasteiger partial charge in [-0.05, 0) is 48.2 Å². The maximum Gasteiger partial charge on any atom is 0.260 e. The summed E-state index contributed by atoms with van der Waals surface area (Å²) in [4.78, 5) is 12.3. The van der Waals surface area contributed by atoms with Gasteiger partial charge in [-0.1, -0.05) is 31.5 Å². The number of phenols is 1. The van der Waals surface area contributed by atoms with Crippen LogP contribution in [0, 0.1) is 12.7 Å². The number of phenolic OH excluding ortho intramolecular Hbond substituents is 1. The third kappa shape index (κ3) is 3.22. The highest BCUT2D eigenvalue weighted by Crippen LogP contribution is 2.31. The fourth-order valence-corrected chi connectivity index (χ4v) is 2.45.